The second-order valence-corrected chi connectivity index (χ2v) is 5.36. The molecule has 6 nitrogen and oxygen atoms in total. The zero-order valence-corrected chi connectivity index (χ0v) is 11.8. The molecule has 1 aliphatic carbocycles. The highest BCUT2D eigenvalue weighted by atomic mass is 16.5. The maximum Gasteiger partial charge on any atom is 0.184 e. The molecule has 1 aromatic carbocycles. The molecule has 2 aromatic rings. The Hall–Kier alpha value is -1.95. The Morgan fingerprint density at radius 1 is 1.35 bits per heavy atom. The molecule has 0 spiro atoms. The number of nitrogens with zero attached hydrogens (tertiary/aromatic N) is 4. The molecule has 1 saturated carbocycles. The minimum absolute atomic E-state index is 0.282. The topological polar surface area (TPSA) is 78.8 Å². The monoisotopic (exact) mass is 273 g/mol. The average Bonchev–Trinajstić information content (AvgIpc) is 3.08. The van der Waals surface area contributed by atoms with Crippen LogP contribution in [0, 0.1) is 6.92 Å². The number of methoxy groups -OCH3 is 1. The SMILES string of the molecule is COC1CCC(n2nnnc2-c2cc(C)ccc2N)C1. The first-order chi connectivity index (χ1) is 9.69. The molecule has 2 N–H and O–H groups in total. The number of nitrogen functional groups attached to an aromatic ring is 1. The van der Waals surface area contributed by atoms with Crippen molar-refractivity contribution >= 4 is 5.69 Å². The first-order valence-electron chi connectivity index (χ1n) is 6.86. The van der Waals surface area contributed by atoms with Crippen LogP contribution in [0.2, 0.25) is 0 Å². The molecule has 1 aromatic heterocycles. The van der Waals surface area contributed by atoms with E-state index in [2.05, 4.69) is 15.5 Å². The Kier molecular flexibility index (Phi) is 3.40. The number of nitrogens with two attached hydrogens (primary N) is 1. The van der Waals surface area contributed by atoms with Crippen LogP contribution >= 0.6 is 0 Å². The molecule has 106 valence electrons. The number of aromatic nitrogens is 4. The normalized spacial score (nSPS) is 22.3. The molecular weight excluding hydrogens is 254 g/mol. The molecule has 0 radical (unpaired) electrons. The summed E-state index contributed by atoms with van der Waals surface area (Å²) >= 11 is 0. The number of rotatable bonds is 3. The molecule has 1 fully saturated rings. The van der Waals surface area contributed by atoms with Crippen molar-refractivity contribution < 1.29 is 4.74 Å². The molecule has 0 saturated heterocycles. The smallest absolute Gasteiger partial charge is 0.184 e. The quantitative estimate of drug-likeness (QED) is 0.865. The summed E-state index contributed by atoms with van der Waals surface area (Å²) in [4.78, 5) is 0. The van der Waals surface area contributed by atoms with Crippen LogP contribution in [0.25, 0.3) is 11.4 Å². The highest BCUT2D eigenvalue weighted by Gasteiger charge is 2.29. The van der Waals surface area contributed by atoms with E-state index in [1.165, 1.54) is 0 Å². The van der Waals surface area contributed by atoms with Gasteiger partial charge in [-0.25, -0.2) is 4.68 Å². The number of anilines is 1. The predicted octanol–water partition coefficient (Wildman–Crippen LogP) is 1.97. The van der Waals surface area contributed by atoms with Crippen molar-refractivity contribution in [2.75, 3.05) is 12.8 Å². The summed E-state index contributed by atoms with van der Waals surface area (Å²) in [5.41, 5.74) is 8.81. The van der Waals surface area contributed by atoms with Crippen LogP contribution in [-0.2, 0) is 4.74 Å². The predicted molar refractivity (Wildman–Crippen MR) is 76.1 cm³/mol. The van der Waals surface area contributed by atoms with E-state index in [4.69, 9.17) is 10.5 Å². The molecular formula is C14H19N5O. The Labute approximate surface area is 117 Å². The van der Waals surface area contributed by atoms with Crippen LogP contribution in [0.1, 0.15) is 30.9 Å². The van der Waals surface area contributed by atoms with Gasteiger partial charge in [-0.1, -0.05) is 11.6 Å². The largest absolute Gasteiger partial charge is 0.398 e. The van der Waals surface area contributed by atoms with Crippen molar-refractivity contribution in [3.8, 4) is 11.4 Å². The van der Waals surface area contributed by atoms with Gasteiger partial charge in [-0.3, -0.25) is 0 Å². The van der Waals surface area contributed by atoms with Crippen molar-refractivity contribution in [1.82, 2.24) is 20.2 Å². The van der Waals surface area contributed by atoms with Gasteiger partial charge in [0.15, 0.2) is 5.82 Å². The van der Waals surface area contributed by atoms with E-state index in [0.717, 1.165) is 36.2 Å². The van der Waals surface area contributed by atoms with E-state index >= 15 is 0 Å². The van der Waals surface area contributed by atoms with Gasteiger partial charge in [0.2, 0.25) is 0 Å². The molecule has 1 heterocycles. The summed E-state index contributed by atoms with van der Waals surface area (Å²) in [6.07, 6.45) is 3.32. The van der Waals surface area contributed by atoms with Gasteiger partial charge >= 0.3 is 0 Å². The van der Waals surface area contributed by atoms with Crippen LogP contribution in [-0.4, -0.2) is 33.4 Å². The average molecular weight is 273 g/mol. The highest BCUT2D eigenvalue weighted by molar-refractivity contribution is 5.72. The van der Waals surface area contributed by atoms with E-state index < -0.39 is 0 Å². The first-order valence-corrected chi connectivity index (χ1v) is 6.86. The lowest BCUT2D eigenvalue weighted by Crippen LogP contribution is -2.12. The first kappa shape index (κ1) is 13.1. The third kappa shape index (κ3) is 2.27. The molecule has 6 heteroatoms. The summed E-state index contributed by atoms with van der Waals surface area (Å²) in [6, 6.07) is 6.20. The van der Waals surface area contributed by atoms with Gasteiger partial charge in [0.25, 0.3) is 0 Å². The van der Waals surface area contributed by atoms with Crippen LogP contribution in [0.4, 0.5) is 5.69 Å². The highest BCUT2D eigenvalue weighted by Crippen LogP contribution is 2.34. The number of hydrogen-bond donors (Lipinski definition) is 1. The van der Waals surface area contributed by atoms with Crippen LogP contribution in [0.15, 0.2) is 18.2 Å². The van der Waals surface area contributed by atoms with Crippen molar-refractivity contribution in [2.45, 2.75) is 38.3 Å². The lowest BCUT2D eigenvalue weighted by atomic mass is 10.1. The lowest BCUT2D eigenvalue weighted by Gasteiger charge is -2.13. The van der Waals surface area contributed by atoms with Gasteiger partial charge in [-0.15, -0.1) is 5.10 Å². The van der Waals surface area contributed by atoms with E-state index in [0.29, 0.717) is 11.8 Å². The zero-order chi connectivity index (χ0) is 14.1. The second-order valence-electron chi connectivity index (χ2n) is 5.36. The zero-order valence-electron chi connectivity index (χ0n) is 11.8. The molecule has 1 aliphatic rings. The molecule has 2 atom stereocenters. The molecule has 0 bridgehead atoms. The van der Waals surface area contributed by atoms with Gasteiger partial charge in [0, 0.05) is 18.4 Å². The number of hydrogen-bond acceptors (Lipinski definition) is 5. The summed E-state index contributed by atoms with van der Waals surface area (Å²) in [6.45, 7) is 2.04. The molecule has 2 unspecified atom stereocenters. The maximum atomic E-state index is 6.07. The van der Waals surface area contributed by atoms with Crippen LogP contribution in [0.3, 0.4) is 0 Å². The van der Waals surface area contributed by atoms with Gasteiger partial charge in [-0.2, -0.15) is 0 Å². The Morgan fingerprint density at radius 3 is 2.95 bits per heavy atom. The number of aryl methyl sites for hydroxylation is 1. The van der Waals surface area contributed by atoms with Crippen LogP contribution in [0.5, 0.6) is 0 Å². The maximum absolute atomic E-state index is 6.07. The third-order valence-corrected chi connectivity index (χ3v) is 3.98. The minimum Gasteiger partial charge on any atom is -0.398 e. The van der Waals surface area contributed by atoms with Crippen molar-refractivity contribution in [3.05, 3.63) is 23.8 Å². The minimum atomic E-state index is 0.282. The van der Waals surface area contributed by atoms with Gasteiger partial charge < -0.3 is 10.5 Å². The standard InChI is InChI=1S/C14H19N5O/c1-9-3-6-13(15)12(7-9)14-16-17-18-19(14)10-4-5-11(8-10)20-2/h3,6-7,10-11H,4-5,8,15H2,1-2H3. The summed E-state index contributed by atoms with van der Waals surface area (Å²) in [5, 5.41) is 12.2. The van der Waals surface area contributed by atoms with Crippen molar-refractivity contribution in [3.63, 3.8) is 0 Å². The summed E-state index contributed by atoms with van der Waals surface area (Å²) in [7, 11) is 1.76. The second kappa shape index (κ2) is 5.20. The fourth-order valence-corrected chi connectivity index (χ4v) is 2.83. The molecule has 0 aliphatic heterocycles. The van der Waals surface area contributed by atoms with E-state index in [1.807, 2.05) is 29.8 Å². The number of ether oxygens (including phenoxy) is 1. The Bertz CT molecular complexity index is 609. The summed E-state index contributed by atoms with van der Waals surface area (Å²) in [5.74, 6) is 0.743. The van der Waals surface area contributed by atoms with E-state index in [-0.39, 0.29) is 6.04 Å². The fourth-order valence-electron chi connectivity index (χ4n) is 2.83. The Morgan fingerprint density at radius 2 is 2.20 bits per heavy atom. The van der Waals surface area contributed by atoms with Gasteiger partial charge in [0.05, 0.1) is 12.1 Å². The molecule has 0 amide bonds. The summed E-state index contributed by atoms with van der Waals surface area (Å²) < 4.78 is 7.31. The van der Waals surface area contributed by atoms with E-state index in [9.17, 15) is 0 Å². The van der Waals surface area contributed by atoms with Crippen molar-refractivity contribution in [1.29, 1.82) is 0 Å². The van der Waals surface area contributed by atoms with Gasteiger partial charge in [-0.05, 0) is 48.7 Å². The lowest BCUT2D eigenvalue weighted by molar-refractivity contribution is 0.105. The molecule has 20 heavy (non-hydrogen) atoms. The number of benzene rings is 1. The van der Waals surface area contributed by atoms with Crippen LogP contribution < -0.4 is 5.73 Å². The van der Waals surface area contributed by atoms with Crippen molar-refractivity contribution in [2.24, 2.45) is 0 Å². The molecule has 3 rings (SSSR count). The van der Waals surface area contributed by atoms with Gasteiger partial charge in [0.1, 0.15) is 0 Å². The van der Waals surface area contributed by atoms with E-state index in [1.54, 1.807) is 7.11 Å². The number of tetrazole rings is 1. The third-order valence-electron chi connectivity index (χ3n) is 3.98. The Balaban J connectivity index is 1.96. The fraction of sp³-hybridized carbons (Fsp3) is 0.500.